The summed E-state index contributed by atoms with van der Waals surface area (Å²) in [7, 11) is 0. The summed E-state index contributed by atoms with van der Waals surface area (Å²) in [6, 6.07) is 7.20. The van der Waals surface area contributed by atoms with Crippen molar-refractivity contribution in [2.45, 2.75) is 59.5 Å². The van der Waals surface area contributed by atoms with Crippen LogP contribution in [0.3, 0.4) is 0 Å². The van der Waals surface area contributed by atoms with Crippen LogP contribution in [0.4, 0.5) is 0 Å². The number of rotatable bonds is 11. The fourth-order valence-electron chi connectivity index (χ4n) is 3.19. The lowest BCUT2D eigenvalue weighted by atomic mass is 9.97. The Labute approximate surface area is 171 Å². The lowest BCUT2D eigenvalue weighted by molar-refractivity contribution is 0.0507. The zero-order valence-corrected chi connectivity index (χ0v) is 17.6. The molecule has 0 bridgehead atoms. The maximum Gasteiger partial charge on any atom is 0.342 e. The quantitative estimate of drug-likeness (QED) is 0.397. The number of benzene rings is 2. The Bertz CT molecular complexity index is 856. The number of carboxylic acids is 1. The topological polar surface area (TPSA) is 82.1 Å². The van der Waals surface area contributed by atoms with E-state index >= 15 is 0 Å². The van der Waals surface area contributed by atoms with Gasteiger partial charge >= 0.3 is 11.9 Å². The highest BCUT2D eigenvalue weighted by Gasteiger charge is 2.31. The first-order valence-electron chi connectivity index (χ1n) is 10.2. The molecule has 2 aromatic carbocycles. The number of esters is 1. The van der Waals surface area contributed by atoms with Gasteiger partial charge in [-0.3, -0.25) is 0 Å². The molecule has 1 N–H and O–H groups in total. The molecule has 2 rings (SSSR count). The molecule has 6 heteroatoms. The molecular weight excluding hydrogens is 372 g/mol. The molecule has 0 fully saturated rings. The van der Waals surface area contributed by atoms with Crippen molar-refractivity contribution in [1.82, 2.24) is 0 Å². The fourth-order valence-corrected chi connectivity index (χ4v) is 3.19. The Balaban J connectivity index is 2.71. The van der Waals surface area contributed by atoms with E-state index in [-0.39, 0.29) is 35.3 Å². The maximum atomic E-state index is 12.8. The van der Waals surface area contributed by atoms with Gasteiger partial charge in [0.2, 0.25) is 0 Å². The van der Waals surface area contributed by atoms with Crippen LogP contribution in [0.15, 0.2) is 24.3 Å². The third-order valence-corrected chi connectivity index (χ3v) is 4.41. The minimum absolute atomic E-state index is 0.0933. The first kappa shape index (κ1) is 22.5. The van der Waals surface area contributed by atoms with E-state index in [4.69, 9.17) is 14.2 Å². The van der Waals surface area contributed by atoms with Crippen LogP contribution in [-0.4, -0.2) is 36.4 Å². The number of carbonyl (C=O) groups excluding carboxylic acids is 1. The number of fused-ring (bicyclic) bond motifs is 1. The van der Waals surface area contributed by atoms with Gasteiger partial charge in [0.1, 0.15) is 22.6 Å². The molecule has 0 atom stereocenters. The molecule has 2 aromatic rings. The second kappa shape index (κ2) is 10.7. The van der Waals surface area contributed by atoms with Crippen LogP contribution in [-0.2, 0) is 4.74 Å². The van der Waals surface area contributed by atoms with E-state index in [0.717, 1.165) is 25.7 Å². The highest BCUT2D eigenvalue weighted by molar-refractivity contribution is 6.14. The van der Waals surface area contributed by atoms with Crippen LogP contribution in [0.1, 0.15) is 74.1 Å². The minimum atomic E-state index is -1.26. The van der Waals surface area contributed by atoms with E-state index < -0.39 is 11.9 Å². The summed E-state index contributed by atoms with van der Waals surface area (Å²) in [5.74, 6) is -1.59. The van der Waals surface area contributed by atoms with Crippen molar-refractivity contribution in [3.05, 3.63) is 35.4 Å². The summed E-state index contributed by atoms with van der Waals surface area (Å²) in [6.45, 7) is 7.93. The maximum absolute atomic E-state index is 12.8. The summed E-state index contributed by atoms with van der Waals surface area (Å²) in [4.78, 5) is 25.0. The Morgan fingerprint density at radius 1 is 0.966 bits per heavy atom. The molecule has 158 valence electrons. The number of unbranched alkanes of at least 4 members (excludes halogenated alkanes) is 3. The fraction of sp³-hybridized carbons (Fsp3) is 0.478. The monoisotopic (exact) mass is 402 g/mol. The van der Waals surface area contributed by atoms with E-state index in [1.54, 1.807) is 25.1 Å². The second-order valence-corrected chi connectivity index (χ2v) is 7.06. The van der Waals surface area contributed by atoms with Crippen molar-refractivity contribution in [3.63, 3.8) is 0 Å². The van der Waals surface area contributed by atoms with Gasteiger partial charge in [0.25, 0.3) is 0 Å². The first-order chi connectivity index (χ1) is 13.9. The zero-order valence-electron chi connectivity index (χ0n) is 17.6. The summed E-state index contributed by atoms with van der Waals surface area (Å²) in [5.41, 5.74) is -0.316. The van der Waals surface area contributed by atoms with Crippen LogP contribution < -0.4 is 9.47 Å². The number of ether oxygens (including phenoxy) is 3. The van der Waals surface area contributed by atoms with E-state index in [1.807, 2.05) is 19.9 Å². The molecule has 0 spiro atoms. The van der Waals surface area contributed by atoms with Crippen LogP contribution >= 0.6 is 0 Å². The van der Waals surface area contributed by atoms with Gasteiger partial charge in [-0.25, -0.2) is 9.59 Å². The predicted octanol–water partition coefficient (Wildman–Crippen LogP) is 5.46. The average Bonchev–Trinajstić information content (AvgIpc) is 2.68. The molecule has 0 aromatic heterocycles. The van der Waals surface area contributed by atoms with Gasteiger partial charge in [0.05, 0.1) is 19.3 Å². The van der Waals surface area contributed by atoms with Gasteiger partial charge < -0.3 is 19.3 Å². The SMILES string of the molecule is CCCCCCOc1c(C(=O)OCC)c(C(=O)O)c(OC(C)C)c2ccccc12. The van der Waals surface area contributed by atoms with Crippen molar-refractivity contribution >= 4 is 22.7 Å². The van der Waals surface area contributed by atoms with Gasteiger partial charge in [0, 0.05) is 10.8 Å². The smallest absolute Gasteiger partial charge is 0.342 e. The van der Waals surface area contributed by atoms with Crippen molar-refractivity contribution in [3.8, 4) is 11.5 Å². The third-order valence-electron chi connectivity index (χ3n) is 4.41. The molecule has 0 saturated carbocycles. The summed E-state index contributed by atoms with van der Waals surface area (Å²) in [6.07, 6.45) is 3.74. The molecule has 0 aliphatic rings. The Morgan fingerprint density at radius 2 is 1.62 bits per heavy atom. The number of carboxylic acid groups (broad SMARTS) is 1. The van der Waals surface area contributed by atoms with Crippen molar-refractivity contribution in [1.29, 1.82) is 0 Å². The molecular formula is C23H30O6. The van der Waals surface area contributed by atoms with Crippen molar-refractivity contribution in [2.75, 3.05) is 13.2 Å². The lowest BCUT2D eigenvalue weighted by Crippen LogP contribution is -2.18. The van der Waals surface area contributed by atoms with Gasteiger partial charge in [-0.15, -0.1) is 0 Å². The van der Waals surface area contributed by atoms with E-state index in [9.17, 15) is 14.7 Å². The summed E-state index contributed by atoms with van der Waals surface area (Å²) < 4.78 is 17.0. The van der Waals surface area contributed by atoms with Crippen molar-refractivity contribution in [2.24, 2.45) is 0 Å². The third kappa shape index (κ3) is 5.40. The Kier molecular flexibility index (Phi) is 8.31. The molecule has 0 heterocycles. The first-order valence-corrected chi connectivity index (χ1v) is 10.2. The highest BCUT2D eigenvalue weighted by atomic mass is 16.5. The summed E-state index contributed by atoms with van der Waals surface area (Å²) >= 11 is 0. The largest absolute Gasteiger partial charge is 0.492 e. The van der Waals surface area contributed by atoms with Gasteiger partial charge in [-0.05, 0) is 27.2 Å². The number of carbonyl (C=O) groups is 2. The van der Waals surface area contributed by atoms with Crippen molar-refractivity contribution < 1.29 is 28.9 Å². The molecule has 0 saturated heterocycles. The number of hydrogen-bond acceptors (Lipinski definition) is 5. The molecule has 29 heavy (non-hydrogen) atoms. The highest BCUT2D eigenvalue weighted by Crippen LogP contribution is 2.42. The van der Waals surface area contributed by atoms with Gasteiger partial charge in [-0.1, -0.05) is 50.5 Å². The average molecular weight is 402 g/mol. The molecule has 6 nitrogen and oxygen atoms in total. The van der Waals surface area contributed by atoms with E-state index in [0.29, 0.717) is 17.4 Å². The van der Waals surface area contributed by atoms with E-state index in [2.05, 4.69) is 6.92 Å². The normalized spacial score (nSPS) is 10.9. The summed E-state index contributed by atoms with van der Waals surface area (Å²) in [5, 5.41) is 11.2. The Hall–Kier alpha value is -2.76. The molecule has 0 amide bonds. The molecule has 0 radical (unpaired) electrons. The van der Waals surface area contributed by atoms with Crippen LogP contribution in [0.25, 0.3) is 10.8 Å². The van der Waals surface area contributed by atoms with E-state index in [1.165, 1.54) is 0 Å². The van der Waals surface area contributed by atoms with Crippen LogP contribution in [0, 0.1) is 0 Å². The zero-order chi connectivity index (χ0) is 21.4. The predicted molar refractivity (Wildman–Crippen MR) is 112 cm³/mol. The standard InChI is InChI=1S/C23H30O6/c1-5-7-8-11-14-28-20-16-12-9-10-13-17(16)21(29-15(3)4)18(22(24)25)19(20)23(26)27-6-2/h9-10,12-13,15H,5-8,11,14H2,1-4H3,(H,24,25). The van der Waals surface area contributed by atoms with Gasteiger partial charge in [-0.2, -0.15) is 0 Å². The number of aromatic carboxylic acids is 1. The van der Waals surface area contributed by atoms with Gasteiger partial charge in [0.15, 0.2) is 0 Å². The number of hydrogen-bond donors (Lipinski definition) is 1. The molecule has 0 aliphatic carbocycles. The van der Waals surface area contributed by atoms with Crippen LogP contribution in [0.5, 0.6) is 11.5 Å². The van der Waals surface area contributed by atoms with Crippen LogP contribution in [0.2, 0.25) is 0 Å². The molecule has 0 unspecified atom stereocenters. The molecule has 0 aliphatic heterocycles. The minimum Gasteiger partial charge on any atom is -0.492 e. The second-order valence-electron chi connectivity index (χ2n) is 7.06. The Morgan fingerprint density at radius 3 is 2.17 bits per heavy atom. The lowest BCUT2D eigenvalue weighted by Gasteiger charge is -2.21.